The molecule has 0 fully saturated rings. The predicted molar refractivity (Wildman–Crippen MR) is 83.0 cm³/mol. The van der Waals surface area contributed by atoms with Crippen molar-refractivity contribution in [1.82, 2.24) is 0 Å². The number of hydrogen-bond donors (Lipinski definition) is 2. The summed E-state index contributed by atoms with van der Waals surface area (Å²) in [6.07, 6.45) is 0. The first-order valence-corrected chi connectivity index (χ1v) is 6.76. The first-order valence-electron chi connectivity index (χ1n) is 6.38. The average molecular weight is 307 g/mol. The van der Waals surface area contributed by atoms with Gasteiger partial charge in [0.2, 0.25) is 0 Å². The summed E-state index contributed by atoms with van der Waals surface area (Å²) in [5.41, 5.74) is 2.20. The number of non-ortho nitro benzene ring substituents is 1. The number of phenols is 1. The number of nitro benzene ring substituents is 1. The molecule has 0 bridgehead atoms. The van der Waals surface area contributed by atoms with Crippen LogP contribution in [0, 0.1) is 17.0 Å². The van der Waals surface area contributed by atoms with Crippen LogP contribution in [0.15, 0.2) is 36.4 Å². The van der Waals surface area contributed by atoms with Gasteiger partial charge in [-0.1, -0.05) is 23.7 Å². The van der Waals surface area contributed by atoms with Crippen LogP contribution in [0.2, 0.25) is 5.02 Å². The zero-order valence-electron chi connectivity index (χ0n) is 11.6. The van der Waals surface area contributed by atoms with Crippen molar-refractivity contribution in [2.75, 3.05) is 5.32 Å². The Morgan fingerprint density at radius 2 is 2.05 bits per heavy atom. The number of phenolic OH excluding ortho intramolecular Hbond substituents is 1. The fraction of sp³-hybridized carbons (Fsp3) is 0.200. The fourth-order valence-corrected chi connectivity index (χ4v) is 2.42. The van der Waals surface area contributed by atoms with Gasteiger partial charge in [-0.3, -0.25) is 10.1 Å². The molecule has 2 aromatic rings. The lowest BCUT2D eigenvalue weighted by atomic mass is 10.1. The van der Waals surface area contributed by atoms with E-state index in [-0.39, 0.29) is 17.5 Å². The lowest BCUT2D eigenvalue weighted by molar-refractivity contribution is -0.384. The Labute approximate surface area is 127 Å². The van der Waals surface area contributed by atoms with E-state index in [0.717, 1.165) is 5.56 Å². The zero-order chi connectivity index (χ0) is 15.6. The van der Waals surface area contributed by atoms with E-state index in [1.807, 2.05) is 13.0 Å². The van der Waals surface area contributed by atoms with Gasteiger partial charge in [0.15, 0.2) is 0 Å². The lowest BCUT2D eigenvalue weighted by Gasteiger charge is -2.18. The van der Waals surface area contributed by atoms with Crippen LogP contribution in [0.4, 0.5) is 11.4 Å². The maximum atomic E-state index is 10.8. The number of nitrogens with zero attached hydrogens (tertiary/aromatic N) is 1. The van der Waals surface area contributed by atoms with Crippen LogP contribution in [0.3, 0.4) is 0 Å². The molecule has 0 saturated heterocycles. The number of aryl methyl sites for hydroxylation is 1. The highest BCUT2D eigenvalue weighted by molar-refractivity contribution is 6.33. The van der Waals surface area contributed by atoms with Crippen LogP contribution < -0.4 is 5.32 Å². The van der Waals surface area contributed by atoms with Crippen molar-refractivity contribution in [3.05, 3.63) is 62.7 Å². The average Bonchev–Trinajstić information content (AvgIpc) is 2.42. The van der Waals surface area contributed by atoms with Crippen molar-refractivity contribution in [3.63, 3.8) is 0 Å². The van der Waals surface area contributed by atoms with E-state index < -0.39 is 4.92 Å². The zero-order valence-corrected chi connectivity index (χ0v) is 12.4. The van der Waals surface area contributed by atoms with E-state index in [0.29, 0.717) is 16.3 Å². The maximum Gasteiger partial charge on any atom is 0.271 e. The summed E-state index contributed by atoms with van der Waals surface area (Å²) in [7, 11) is 0. The van der Waals surface area contributed by atoms with E-state index in [1.54, 1.807) is 25.1 Å². The number of hydrogen-bond acceptors (Lipinski definition) is 4. The molecule has 21 heavy (non-hydrogen) atoms. The van der Waals surface area contributed by atoms with Crippen molar-refractivity contribution in [1.29, 1.82) is 0 Å². The smallest absolute Gasteiger partial charge is 0.271 e. The van der Waals surface area contributed by atoms with Crippen LogP contribution >= 0.6 is 11.6 Å². The maximum absolute atomic E-state index is 10.8. The van der Waals surface area contributed by atoms with Crippen LogP contribution in [-0.2, 0) is 0 Å². The Kier molecular flexibility index (Phi) is 4.33. The van der Waals surface area contributed by atoms with Crippen molar-refractivity contribution < 1.29 is 10.0 Å². The Morgan fingerprint density at radius 3 is 2.62 bits per heavy atom. The number of benzene rings is 2. The number of anilines is 1. The molecule has 2 aromatic carbocycles. The van der Waals surface area contributed by atoms with E-state index in [1.165, 1.54) is 12.1 Å². The molecule has 0 aliphatic rings. The van der Waals surface area contributed by atoms with E-state index in [4.69, 9.17) is 11.6 Å². The summed E-state index contributed by atoms with van der Waals surface area (Å²) >= 11 is 6.13. The van der Waals surface area contributed by atoms with Crippen molar-refractivity contribution in [2.45, 2.75) is 19.9 Å². The molecule has 2 rings (SSSR count). The number of halogens is 1. The SMILES string of the molecule is Cc1cc([N+](=O)[O-])cc(Cl)c1NC(C)c1cccc(O)c1. The van der Waals surface area contributed by atoms with Crippen LogP contribution in [0.1, 0.15) is 24.1 Å². The molecule has 0 heterocycles. The van der Waals surface area contributed by atoms with Crippen LogP contribution in [0.25, 0.3) is 0 Å². The third-order valence-corrected chi connectivity index (χ3v) is 3.51. The summed E-state index contributed by atoms with van der Waals surface area (Å²) < 4.78 is 0. The number of aromatic hydroxyl groups is 1. The largest absolute Gasteiger partial charge is 0.508 e. The number of rotatable bonds is 4. The van der Waals surface area contributed by atoms with E-state index in [9.17, 15) is 15.2 Å². The minimum atomic E-state index is -0.471. The van der Waals surface area contributed by atoms with Gasteiger partial charge in [0.25, 0.3) is 5.69 Å². The van der Waals surface area contributed by atoms with Gasteiger partial charge >= 0.3 is 0 Å². The van der Waals surface area contributed by atoms with Gasteiger partial charge in [-0.05, 0) is 37.1 Å². The van der Waals surface area contributed by atoms with Crippen LogP contribution in [-0.4, -0.2) is 10.0 Å². The first-order chi connectivity index (χ1) is 9.88. The molecule has 1 unspecified atom stereocenters. The molecule has 6 heteroatoms. The summed E-state index contributed by atoms with van der Waals surface area (Å²) in [4.78, 5) is 10.3. The summed E-state index contributed by atoms with van der Waals surface area (Å²) in [6, 6.07) is 9.59. The molecule has 0 aliphatic carbocycles. The summed E-state index contributed by atoms with van der Waals surface area (Å²) in [5, 5.41) is 23.8. The molecule has 0 radical (unpaired) electrons. The minimum Gasteiger partial charge on any atom is -0.508 e. The predicted octanol–water partition coefficient (Wildman–Crippen LogP) is 4.44. The lowest BCUT2D eigenvalue weighted by Crippen LogP contribution is -2.08. The van der Waals surface area contributed by atoms with Gasteiger partial charge in [0.1, 0.15) is 5.75 Å². The minimum absolute atomic E-state index is 0.0342. The standard InChI is InChI=1S/C15H15ClN2O3/c1-9-6-12(18(20)21)8-14(16)15(9)17-10(2)11-4-3-5-13(19)7-11/h3-8,10,17,19H,1-2H3. The molecule has 110 valence electrons. The molecule has 1 atom stereocenters. The Morgan fingerprint density at radius 1 is 1.33 bits per heavy atom. The molecule has 2 N–H and O–H groups in total. The highest BCUT2D eigenvalue weighted by atomic mass is 35.5. The first kappa shape index (κ1) is 15.1. The third-order valence-electron chi connectivity index (χ3n) is 3.21. The quantitative estimate of drug-likeness (QED) is 0.647. The van der Waals surface area contributed by atoms with Gasteiger partial charge < -0.3 is 10.4 Å². The normalized spacial score (nSPS) is 12.0. The summed E-state index contributed by atoms with van der Waals surface area (Å²) in [6.45, 7) is 3.68. The number of nitrogens with one attached hydrogen (secondary N) is 1. The van der Waals surface area contributed by atoms with Crippen LogP contribution in [0.5, 0.6) is 5.75 Å². The van der Waals surface area contributed by atoms with E-state index in [2.05, 4.69) is 5.32 Å². The molecular formula is C15H15ClN2O3. The molecule has 0 amide bonds. The molecule has 0 aromatic heterocycles. The summed E-state index contributed by atoms with van der Waals surface area (Å²) in [5.74, 6) is 0.188. The number of nitro groups is 1. The molecule has 0 saturated carbocycles. The second kappa shape index (κ2) is 6.01. The van der Waals surface area contributed by atoms with Crippen molar-refractivity contribution >= 4 is 23.0 Å². The highest BCUT2D eigenvalue weighted by Gasteiger charge is 2.15. The fourth-order valence-electron chi connectivity index (χ4n) is 2.11. The monoisotopic (exact) mass is 306 g/mol. The topological polar surface area (TPSA) is 75.4 Å². The Balaban J connectivity index is 2.29. The molecule has 0 aliphatic heterocycles. The second-order valence-electron chi connectivity index (χ2n) is 4.84. The van der Waals surface area contributed by atoms with E-state index >= 15 is 0 Å². The Bertz CT molecular complexity index is 665. The second-order valence-corrected chi connectivity index (χ2v) is 5.24. The van der Waals surface area contributed by atoms with Crippen molar-refractivity contribution in [2.24, 2.45) is 0 Å². The molecule has 5 nitrogen and oxygen atoms in total. The Hall–Kier alpha value is -2.27. The highest BCUT2D eigenvalue weighted by Crippen LogP contribution is 2.33. The molecular weight excluding hydrogens is 292 g/mol. The third kappa shape index (κ3) is 3.44. The molecule has 0 spiro atoms. The van der Waals surface area contributed by atoms with Gasteiger partial charge in [0, 0.05) is 18.2 Å². The van der Waals surface area contributed by atoms with Gasteiger partial charge in [-0.2, -0.15) is 0 Å². The van der Waals surface area contributed by atoms with Gasteiger partial charge in [-0.15, -0.1) is 0 Å². The van der Waals surface area contributed by atoms with Gasteiger partial charge in [-0.25, -0.2) is 0 Å². The van der Waals surface area contributed by atoms with Gasteiger partial charge in [0.05, 0.1) is 15.6 Å². The van der Waals surface area contributed by atoms with Crippen molar-refractivity contribution in [3.8, 4) is 5.75 Å².